The molecule has 1 rings (SSSR count). The number of rotatable bonds is 5. The van der Waals surface area contributed by atoms with E-state index >= 15 is 0 Å². The Hall–Kier alpha value is -0.340. The molecule has 13 heavy (non-hydrogen) atoms. The van der Waals surface area contributed by atoms with Crippen LogP contribution in [0.4, 0.5) is 0 Å². The number of hydrogen-bond donors (Lipinski definition) is 1. The minimum absolute atomic E-state index is 0.333. The molecular weight excluding hydrogens is 162 g/mol. The zero-order valence-electron chi connectivity index (χ0n) is 8.75. The SMILES string of the molecule is COC(C)CNCC1CC=CCC1. The molecule has 2 unspecified atom stereocenters. The van der Waals surface area contributed by atoms with Gasteiger partial charge in [-0.3, -0.25) is 0 Å². The third kappa shape index (κ3) is 4.44. The van der Waals surface area contributed by atoms with Gasteiger partial charge in [0.15, 0.2) is 0 Å². The second-order valence-electron chi connectivity index (χ2n) is 3.86. The maximum Gasteiger partial charge on any atom is 0.0667 e. The van der Waals surface area contributed by atoms with Crippen molar-refractivity contribution in [3.8, 4) is 0 Å². The molecule has 0 radical (unpaired) electrons. The summed E-state index contributed by atoms with van der Waals surface area (Å²) in [6.45, 7) is 4.20. The van der Waals surface area contributed by atoms with Crippen molar-refractivity contribution >= 4 is 0 Å². The highest BCUT2D eigenvalue weighted by atomic mass is 16.5. The van der Waals surface area contributed by atoms with E-state index in [1.165, 1.54) is 19.3 Å². The van der Waals surface area contributed by atoms with Gasteiger partial charge in [0.2, 0.25) is 0 Å². The van der Waals surface area contributed by atoms with Gasteiger partial charge in [0.1, 0.15) is 0 Å². The molecule has 1 aliphatic rings. The largest absolute Gasteiger partial charge is 0.380 e. The molecule has 0 spiro atoms. The predicted molar refractivity (Wildman–Crippen MR) is 55.8 cm³/mol. The fourth-order valence-electron chi connectivity index (χ4n) is 1.62. The number of hydrogen-bond acceptors (Lipinski definition) is 2. The summed E-state index contributed by atoms with van der Waals surface area (Å²) in [6.07, 6.45) is 8.76. The summed E-state index contributed by atoms with van der Waals surface area (Å²) in [5, 5.41) is 3.45. The number of nitrogens with one attached hydrogen (secondary N) is 1. The van der Waals surface area contributed by atoms with Crippen LogP contribution in [0.15, 0.2) is 12.2 Å². The summed E-state index contributed by atoms with van der Waals surface area (Å²) in [6, 6.07) is 0. The van der Waals surface area contributed by atoms with Crippen molar-refractivity contribution in [2.24, 2.45) is 5.92 Å². The molecule has 2 heteroatoms. The normalized spacial score (nSPS) is 24.6. The summed E-state index contributed by atoms with van der Waals surface area (Å²) >= 11 is 0. The summed E-state index contributed by atoms with van der Waals surface area (Å²) in [5.41, 5.74) is 0. The molecule has 1 aliphatic carbocycles. The van der Waals surface area contributed by atoms with Gasteiger partial charge in [0, 0.05) is 13.7 Å². The smallest absolute Gasteiger partial charge is 0.0667 e. The Labute approximate surface area is 81.4 Å². The highest BCUT2D eigenvalue weighted by Crippen LogP contribution is 2.16. The molecule has 0 fully saturated rings. The van der Waals surface area contributed by atoms with E-state index in [1.807, 2.05) is 0 Å². The second kappa shape index (κ2) is 6.17. The Morgan fingerprint density at radius 3 is 3.00 bits per heavy atom. The second-order valence-corrected chi connectivity index (χ2v) is 3.86. The van der Waals surface area contributed by atoms with Crippen LogP contribution in [0.1, 0.15) is 26.2 Å². The zero-order chi connectivity index (χ0) is 9.52. The molecule has 0 saturated heterocycles. The van der Waals surface area contributed by atoms with E-state index in [4.69, 9.17) is 4.74 Å². The zero-order valence-corrected chi connectivity index (χ0v) is 8.75. The van der Waals surface area contributed by atoms with E-state index in [0.717, 1.165) is 19.0 Å². The van der Waals surface area contributed by atoms with E-state index in [9.17, 15) is 0 Å². The molecule has 0 aliphatic heterocycles. The molecule has 0 saturated carbocycles. The summed E-state index contributed by atoms with van der Waals surface area (Å²) in [7, 11) is 1.76. The third-order valence-corrected chi connectivity index (χ3v) is 2.64. The number of methoxy groups -OCH3 is 1. The summed E-state index contributed by atoms with van der Waals surface area (Å²) in [5.74, 6) is 0.842. The average Bonchev–Trinajstić information content (AvgIpc) is 2.19. The molecule has 1 N–H and O–H groups in total. The molecule has 2 nitrogen and oxygen atoms in total. The lowest BCUT2D eigenvalue weighted by Crippen LogP contribution is -2.30. The Morgan fingerprint density at radius 2 is 2.38 bits per heavy atom. The van der Waals surface area contributed by atoms with Crippen LogP contribution in [0.3, 0.4) is 0 Å². The Balaban J connectivity index is 2.02. The first-order valence-electron chi connectivity index (χ1n) is 5.21. The topological polar surface area (TPSA) is 21.3 Å². The van der Waals surface area contributed by atoms with Crippen LogP contribution in [0.25, 0.3) is 0 Å². The van der Waals surface area contributed by atoms with Crippen LogP contribution in [-0.2, 0) is 4.74 Å². The van der Waals surface area contributed by atoms with Gasteiger partial charge < -0.3 is 10.1 Å². The summed E-state index contributed by atoms with van der Waals surface area (Å²) in [4.78, 5) is 0. The minimum atomic E-state index is 0.333. The highest BCUT2D eigenvalue weighted by Gasteiger charge is 2.09. The first-order valence-corrected chi connectivity index (χ1v) is 5.21. The number of allylic oxidation sites excluding steroid dienone is 2. The van der Waals surface area contributed by atoms with Gasteiger partial charge in [0.05, 0.1) is 6.10 Å². The molecule has 0 aromatic heterocycles. The fourth-order valence-corrected chi connectivity index (χ4v) is 1.62. The van der Waals surface area contributed by atoms with Crippen molar-refractivity contribution in [3.63, 3.8) is 0 Å². The van der Waals surface area contributed by atoms with Crippen molar-refractivity contribution in [2.75, 3.05) is 20.2 Å². The van der Waals surface area contributed by atoms with Gasteiger partial charge in [-0.2, -0.15) is 0 Å². The van der Waals surface area contributed by atoms with E-state index in [2.05, 4.69) is 24.4 Å². The number of ether oxygens (including phenoxy) is 1. The standard InChI is InChI=1S/C11H21NO/c1-10(13-2)8-12-9-11-6-4-3-5-7-11/h3-4,10-12H,5-9H2,1-2H3. The predicted octanol–water partition coefficient (Wildman–Crippen LogP) is 1.97. The van der Waals surface area contributed by atoms with Gasteiger partial charge in [-0.15, -0.1) is 0 Å². The molecule has 0 bridgehead atoms. The first kappa shape index (κ1) is 10.7. The van der Waals surface area contributed by atoms with E-state index in [0.29, 0.717) is 6.10 Å². The van der Waals surface area contributed by atoms with Gasteiger partial charge in [-0.05, 0) is 38.6 Å². The molecule has 0 aromatic rings. The minimum Gasteiger partial charge on any atom is -0.380 e. The Kier molecular flexibility index (Phi) is 5.09. The lowest BCUT2D eigenvalue weighted by atomic mass is 9.94. The monoisotopic (exact) mass is 183 g/mol. The van der Waals surface area contributed by atoms with Gasteiger partial charge in [-0.1, -0.05) is 12.2 Å². The van der Waals surface area contributed by atoms with E-state index in [-0.39, 0.29) is 0 Å². The maximum atomic E-state index is 5.16. The maximum absolute atomic E-state index is 5.16. The third-order valence-electron chi connectivity index (χ3n) is 2.64. The fraction of sp³-hybridized carbons (Fsp3) is 0.818. The van der Waals surface area contributed by atoms with Crippen LogP contribution >= 0.6 is 0 Å². The van der Waals surface area contributed by atoms with Gasteiger partial charge in [0.25, 0.3) is 0 Å². The van der Waals surface area contributed by atoms with Crippen molar-refractivity contribution in [1.29, 1.82) is 0 Å². The van der Waals surface area contributed by atoms with Crippen molar-refractivity contribution in [1.82, 2.24) is 5.32 Å². The quantitative estimate of drug-likeness (QED) is 0.658. The van der Waals surface area contributed by atoms with Gasteiger partial charge >= 0.3 is 0 Å². The van der Waals surface area contributed by atoms with E-state index in [1.54, 1.807) is 7.11 Å². The van der Waals surface area contributed by atoms with Crippen molar-refractivity contribution in [2.45, 2.75) is 32.3 Å². The average molecular weight is 183 g/mol. The molecule has 0 aromatic carbocycles. The van der Waals surface area contributed by atoms with Crippen LogP contribution in [0, 0.1) is 5.92 Å². The van der Waals surface area contributed by atoms with Crippen LogP contribution in [-0.4, -0.2) is 26.3 Å². The van der Waals surface area contributed by atoms with Crippen LogP contribution < -0.4 is 5.32 Å². The van der Waals surface area contributed by atoms with Gasteiger partial charge in [-0.25, -0.2) is 0 Å². The Bertz CT molecular complexity index is 156. The lowest BCUT2D eigenvalue weighted by molar-refractivity contribution is 0.116. The molecular formula is C11H21NO. The highest BCUT2D eigenvalue weighted by molar-refractivity contribution is 4.90. The van der Waals surface area contributed by atoms with Crippen molar-refractivity contribution in [3.05, 3.63) is 12.2 Å². The Morgan fingerprint density at radius 1 is 1.54 bits per heavy atom. The molecule has 2 atom stereocenters. The molecule has 76 valence electrons. The van der Waals surface area contributed by atoms with E-state index < -0.39 is 0 Å². The lowest BCUT2D eigenvalue weighted by Gasteiger charge is -2.19. The molecule has 0 heterocycles. The van der Waals surface area contributed by atoms with Crippen LogP contribution in [0.5, 0.6) is 0 Å². The first-order chi connectivity index (χ1) is 6.33. The van der Waals surface area contributed by atoms with Crippen LogP contribution in [0.2, 0.25) is 0 Å². The summed E-state index contributed by atoms with van der Waals surface area (Å²) < 4.78 is 5.16. The molecule has 0 amide bonds. The van der Waals surface area contributed by atoms with Crippen molar-refractivity contribution < 1.29 is 4.74 Å².